The summed E-state index contributed by atoms with van der Waals surface area (Å²) in [6.07, 6.45) is 7.78. The van der Waals surface area contributed by atoms with Crippen molar-refractivity contribution in [2.24, 2.45) is 14.1 Å². The third-order valence-corrected chi connectivity index (χ3v) is 9.72. The Bertz CT molecular complexity index is 2990. The van der Waals surface area contributed by atoms with Crippen LogP contribution < -0.4 is 20.3 Å². The summed E-state index contributed by atoms with van der Waals surface area (Å²) in [7, 11) is 3.91. The fraction of sp³-hybridized carbons (Fsp3) is 0.0556. The minimum absolute atomic E-state index is 0.0681. The fourth-order valence-corrected chi connectivity index (χ4v) is 7.89. The summed E-state index contributed by atoms with van der Waals surface area (Å²) >= 11 is 0. The number of imidazole rings is 2. The standard InChI is InChI=1S/C36H20N6O2/c1-39-13-11-27-25(15-39)37-33-21-7-3-17-20-6-10-24-32-22(34-38-26-16-40(2)14-12-28(26)42(34)36(24)44)8-4-18(30(20)32)19-5-9-23(31(21)29(17)19)35(43)41(27)33/h3-16H,1-2H3/q+2. The van der Waals surface area contributed by atoms with Gasteiger partial charge in [0.05, 0.1) is 11.0 Å². The summed E-state index contributed by atoms with van der Waals surface area (Å²) in [6.45, 7) is 0. The molecule has 0 amide bonds. The number of fused-ring (bicyclic) bond motifs is 10. The van der Waals surface area contributed by atoms with Crippen LogP contribution in [0.15, 0.2) is 95.0 Å². The second kappa shape index (κ2) is 7.12. The van der Waals surface area contributed by atoms with Gasteiger partial charge in [0.1, 0.15) is 25.4 Å². The Labute approximate surface area is 245 Å². The van der Waals surface area contributed by atoms with Crippen LogP contribution in [0, 0.1) is 0 Å². The molecule has 5 aromatic carbocycles. The fourth-order valence-electron chi connectivity index (χ4n) is 7.89. The molecule has 8 heteroatoms. The van der Waals surface area contributed by atoms with Gasteiger partial charge in [0, 0.05) is 44.5 Å². The topological polar surface area (TPSA) is 76.5 Å². The number of benzene rings is 5. The molecule has 6 heterocycles. The highest BCUT2D eigenvalue weighted by Gasteiger charge is 2.24. The zero-order chi connectivity index (χ0) is 29.2. The van der Waals surface area contributed by atoms with Gasteiger partial charge in [-0.3, -0.25) is 18.4 Å². The summed E-state index contributed by atoms with van der Waals surface area (Å²) in [6, 6.07) is 20.4. The molecule has 0 aliphatic heterocycles. The van der Waals surface area contributed by atoms with E-state index in [1.165, 1.54) is 0 Å². The number of hydrogen-bond acceptors (Lipinski definition) is 4. The van der Waals surface area contributed by atoms with E-state index in [4.69, 9.17) is 9.97 Å². The molecule has 0 fully saturated rings. The van der Waals surface area contributed by atoms with E-state index in [2.05, 4.69) is 36.4 Å². The van der Waals surface area contributed by atoms with Gasteiger partial charge in [-0.25, -0.2) is 19.1 Å². The molecule has 11 aromatic rings. The van der Waals surface area contributed by atoms with Crippen LogP contribution in [0.25, 0.3) is 98.0 Å². The van der Waals surface area contributed by atoms with Crippen molar-refractivity contribution in [2.75, 3.05) is 0 Å². The first-order valence-electron chi connectivity index (χ1n) is 14.5. The van der Waals surface area contributed by atoms with Gasteiger partial charge in [0.2, 0.25) is 0 Å². The third-order valence-electron chi connectivity index (χ3n) is 9.72. The number of hydrogen-bond donors (Lipinski definition) is 0. The molecule has 11 rings (SSSR count). The maximum atomic E-state index is 14.1. The summed E-state index contributed by atoms with van der Waals surface area (Å²) in [5.41, 5.74) is 4.37. The number of aromatic nitrogens is 6. The van der Waals surface area contributed by atoms with Gasteiger partial charge < -0.3 is 0 Å². The average Bonchev–Trinajstić information content (AvgIpc) is 3.60. The first-order valence-corrected chi connectivity index (χ1v) is 14.5. The maximum absolute atomic E-state index is 14.1. The molecule has 0 aliphatic rings. The third kappa shape index (κ3) is 2.38. The molecule has 44 heavy (non-hydrogen) atoms. The van der Waals surface area contributed by atoms with E-state index in [0.29, 0.717) is 22.1 Å². The largest absolute Gasteiger partial charge is 0.268 e. The van der Waals surface area contributed by atoms with Crippen LogP contribution in [0.3, 0.4) is 0 Å². The molecule has 204 valence electrons. The van der Waals surface area contributed by atoms with E-state index in [9.17, 15) is 9.59 Å². The first kappa shape index (κ1) is 22.6. The van der Waals surface area contributed by atoms with Crippen LogP contribution in [-0.4, -0.2) is 18.8 Å². The van der Waals surface area contributed by atoms with Gasteiger partial charge in [-0.05, 0) is 56.6 Å². The number of nitrogens with zero attached hydrogens (tertiary/aromatic N) is 6. The lowest BCUT2D eigenvalue weighted by atomic mass is 9.86. The van der Waals surface area contributed by atoms with Crippen LogP contribution in [0.5, 0.6) is 0 Å². The monoisotopic (exact) mass is 568 g/mol. The van der Waals surface area contributed by atoms with Crippen LogP contribution in [0.1, 0.15) is 0 Å². The van der Waals surface area contributed by atoms with E-state index in [1.54, 1.807) is 8.80 Å². The number of rotatable bonds is 0. The van der Waals surface area contributed by atoms with E-state index in [1.807, 2.05) is 72.3 Å². The Balaban J connectivity index is 1.37. The van der Waals surface area contributed by atoms with Gasteiger partial charge in [0.15, 0.2) is 35.8 Å². The molecular formula is C36H20N6O2+2. The summed E-state index contributed by atoms with van der Waals surface area (Å²) in [5, 5.41) is 11.4. The van der Waals surface area contributed by atoms with Crippen molar-refractivity contribution in [1.29, 1.82) is 0 Å². The van der Waals surface area contributed by atoms with Crippen molar-refractivity contribution < 1.29 is 9.13 Å². The minimum atomic E-state index is -0.0681. The maximum Gasteiger partial charge on any atom is 0.264 e. The summed E-state index contributed by atoms with van der Waals surface area (Å²) in [5.74, 6) is 0. The lowest BCUT2D eigenvalue weighted by Gasteiger charge is -2.18. The van der Waals surface area contributed by atoms with Gasteiger partial charge in [-0.2, -0.15) is 0 Å². The van der Waals surface area contributed by atoms with Crippen LogP contribution >= 0.6 is 0 Å². The second-order valence-corrected chi connectivity index (χ2v) is 12.1. The summed E-state index contributed by atoms with van der Waals surface area (Å²) < 4.78 is 7.38. The van der Waals surface area contributed by atoms with Crippen molar-refractivity contribution in [3.05, 3.63) is 106 Å². The van der Waals surface area contributed by atoms with Gasteiger partial charge in [0.25, 0.3) is 11.1 Å². The molecule has 0 saturated carbocycles. The Morgan fingerprint density at radius 3 is 1.23 bits per heavy atom. The van der Waals surface area contributed by atoms with E-state index < -0.39 is 0 Å². The SMILES string of the molecule is C[n+]1ccc2c(c1)nc1c3ccc4c5ccc6c(=O)n7c8cc[n+](C)cc8nc7c7ccc(c8ccc(c(=O)n21)c3c84)c5c67. The summed E-state index contributed by atoms with van der Waals surface area (Å²) in [4.78, 5) is 38.0. The highest BCUT2D eigenvalue weighted by molar-refractivity contribution is 6.40. The van der Waals surface area contributed by atoms with Crippen molar-refractivity contribution >= 4 is 98.0 Å². The quantitative estimate of drug-likeness (QED) is 0.148. The first-order chi connectivity index (χ1) is 21.5. The lowest BCUT2D eigenvalue weighted by Crippen LogP contribution is -2.26. The predicted octanol–water partition coefficient (Wildman–Crippen LogP) is 4.89. The molecule has 0 spiro atoms. The average molecular weight is 569 g/mol. The minimum Gasteiger partial charge on any atom is -0.268 e. The Morgan fingerprint density at radius 2 is 0.818 bits per heavy atom. The van der Waals surface area contributed by atoms with Crippen molar-refractivity contribution in [3.63, 3.8) is 0 Å². The van der Waals surface area contributed by atoms with Gasteiger partial charge in [-0.15, -0.1) is 0 Å². The molecule has 6 aromatic heterocycles. The zero-order valence-corrected chi connectivity index (χ0v) is 23.6. The molecule has 0 saturated heterocycles. The molecule has 0 aliphatic carbocycles. The normalized spacial score (nSPS) is 13.0. The van der Waals surface area contributed by atoms with Gasteiger partial charge >= 0.3 is 0 Å². The van der Waals surface area contributed by atoms with Gasteiger partial charge in [-0.1, -0.05) is 24.3 Å². The number of aryl methyl sites for hydroxylation is 2. The smallest absolute Gasteiger partial charge is 0.264 e. The highest BCUT2D eigenvalue weighted by atomic mass is 16.1. The highest BCUT2D eigenvalue weighted by Crippen LogP contribution is 2.45. The molecular weight excluding hydrogens is 548 g/mol. The second-order valence-electron chi connectivity index (χ2n) is 12.1. The van der Waals surface area contributed by atoms with Crippen molar-refractivity contribution in [2.45, 2.75) is 0 Å². The Hall–Kier alpha value is -6.02. The molecule has 0 bridgehead atoms. The van der Waals surface area contributed by atoms with E-state index >= 15 is 0 Å². The van der Waals surface area contributed by atoms with Crippen molar-refractivity contribution in [1.82, 2.24) is 18.8 Å². The van der Waals surface area contributed by atoms with E-state index in [0.717, 1.165) is 75.9 Å². The Kier molecular flexibility index (Phi) is 3.65. The lowest BCUT2D eigenvalue weighted by molar-refractivity contribution is -0.670. The number of pyridine rings is 4. The van der Waals surface area contributed by atoms with E-state index in [-0.39, 0.29) is 11.1 Å². The molecule has 0 unspecified atom stereocenters. The van der Waals surface area contributed by atoms with Crippen LogP contribution in [0.2, 0.25) is 0 Å². The Morgan fingerprint density at radius 1 is 0.477 bits per heavy atom. The predicted molar refractivity (Wildman–Crippen MR) is 172 cm³/mol. The van der Waals surface area contributed by atoms with Crippen LogP contribution in [0.4, 0.5) is 0 Å². The zero-order valence-electron chi connectivity index (χ0n) is 23.6. The van der Waals surface area contributed by atoms with Crippen molar-refractivity contribution in [3.8, 4) is 0 Å². The molecule has 0 N–H and O–H groups in total. The molecule has 0 atom stereocenters. The van der Waals surface area contributed by atoms with Crippen LogP contribution in [-0.2, 0) is 14.1 Å². The molecule has 0 radical (unpaired) electrons. The molecule has 8 nitrogen and oxygen atoms in total.